The normalized spacial score (nSPS) is 23.0. The highest BCUT2D eigenvalue weighted by atomic mass is 35.5. The largest absolute Gasteiger partial charge is 0.375 e. The lowest BCUT2D eigenvalue weighted by Gasteiger charge is -2.25. The van der Waals surface area contributed by atoms with E-state index in [0.717, 1.165) is 12.0 Å². The van der Waals surface area contributed by atoms with Crippen LogP contribution in [-0.2, 0) is 14.3 Å². The van der Waals surface area contributed by atoms with E-state index >= 15 is 0 Å². The van der Waals surface area contributed by atoms with Gasteiger partial charge in [0, 0.05) is 18.7 Å². The van der Waals surface area contributed by atoms with Gasteiger partial charge in [0.15, 0.2) is 0 Å². The number of amides is 1. The summed E-state index contributed by atoms with van der Waals surface area (Å²) in [5.74, 6) is -0.112. The van der Waals surface area contributed by atoms with Crippen molar-refractivity contribution in [2.45, 2.75) is 44.1 Å². The van der Waals surface area contributed by atoms with E-state index in [9.17, 15) is 4.79 Å². The van der Waals surface area contributed by atoms with Gasteiger partial charge in [-0.1, -0.05) is 23.7 Å². The molecule has 4 atom stereocenters. The van der Waals surface area contributed by atoms with Crippen molar-refractivity contribution in [1.82, 2.24) is 5.32 Å². The van der Waals surface area contributed by atoms with Crippen LogP contribution in [0, 0.1) is 0 Å². The molecule has 0 spiro atoms. The summed E-state index contributed by atoms with van der Waals surface area (Å²) in [5, 5.41) is 3.64. The Bertz CT molecular complexity index is 499. The second-order valence-electron chi connectivity index (χ2n) is 5.56. The van der Waals surface area contributed by atoms with Gasteiger partial charge in [-0.3, -0.25) is 4.79 Å². The summed E-state index contributed by atoms with van der Waals surface area (Å²) < 4.78 is 11.1. The van der Waals surface area contributed by atoms with Crippen LogP contribution >= 0.6 is 24.0 Å². The topological polar surface area (TPSA) is 73.6 Å². The number of nitrogens with one attached hydrogen (secondary N) is 1. The van der Waals surface area contributed by atoms with E-state index in [0.29, 0.717) is 18.0 Å². The van der Waals surface area contributed by atoms with Crippen molar-refractivity contribution in [1.29, 1.82) is 0 Å². The molecule has 1 aliphatic heterocycles. The summed E-state index contributed by atoms with van der Waals surface area (Å²) in [6.07, 6.45) is 0.861. The monoisotopic (exact) mass is 362 g/mol. The second-order valence-corrected chi connectivity index (χ2v) is 6.00. The summed E-state index contributed by atoms with van der Waals surface area (Å²) in [6, 6.07) is 7.23. The fourth-order valence-corrected chi connectivity index (χ4v) is 2.87. The van der Waals surface area contributed by atoms with Gasteiger partial charge in [0.1, 0.15) is 12.2 Å². The van der Waals surface area contributed by atoms with E-state index in [2.05, 4.69) is 5.32 Å². The molecule has 1 aromatic carbocycles. The maximum atomic E-state index is 12.3. The molecule has 1 saturated heterocycles. The molecule has 0 aliphatic carbocycles. The van der Waals surface area contributed by atoms with E-state index in [1.807, 2.05) is 31.2 Å². The smallest absolute Gasteiger partial charge is 0.249 e. The molecule has 0 aromatic heterocycles. The van der Waals surface area contributed by atoms with Gasteiger partial charge in [0.05, 0.1) is 12.1 Å². The first-order chi connectivity index (χ1) is 10.5. The zero-order valence-corrected chi connectivity index (χ0v) is 14.9. The quantitative estimate of drug-likeness (QED) is 0.814. The molecule has 23 heavy (non-hydrogen) atoms. The maximum absolute atomic E-state index is 12.3. The molecular weight excluding hydrogens is 339 g/mol. The van der Waals surface area contributed by atoms with Crippen LogP contribution in [0.3, 0.4) is 0 Å². The molecule has 0 radical (unpaired) electrons. The van der Waals surface area contributed by atoms with E-state index in [4.69, 9.17) is 26.8 Å². The lowest BCUT2D eigenvalue weighted by atomic mass is 10.0. The Kier molecular flexibility index (Phi) is 8.29. The number of methoxy groups -OCH3 is 1. The number of carbonyl (C=O) groups excluding carboxylic acids is 1. The number of ether oxygens (including phenoxy) is 2. The molecule has 3 N–H and O–H groups in total. The van der Waals surface area contributed by atoms with Crippen LogP contribution in [0.25, 0.3) is 0 Å². The van der Waals surface area contributed by atoms with Crippen LogP contribution < -0.4 is 11.1 Å². The fraction of sp³-hybridized carbons (Fsp3) is 0.562. The standard InChI is InChI=1S/C16H23ClN2O3.ClH/c1-10(15(21-2)11-3-5-12(17)6-4-11)19-16(20)14-8-7-13(9-18)22-14;/h3-6,10,13-15H,7-9,18H2,1-2H3,(H,19,20);1H/t10?,13-,14+,15?;/m1./s1. The summed E-state index contributed by atoms with van der Waals surface area (Å²) in [5.41, 5.74) is 6.53. The van der Waals surface area contributed by atoms with Gasteiger partial charge in [-0.2, -0.15) is 0 Å². The van der Waals surface area contributed by atoms with Gasteiger partial charge in [0.2, 0.25) is 5.91 Å². The first-order valence-electron chi connectivity index (χ1n) is 7.49. The summed E-state index contributed by atoms with van der Waals surface area (Å²) in [4.78, 5) is 12.3. The third kappa shape index (κ3) is 5.33. The Morgan fingerprint density at radius 2 is 2.09 bits per heavy atom. The van der Waals surface area contributed by atoms with E-state index in [1.54, 1.807) is 7.11 Å². The Morgan fingerprint density at radius 1 is 1.43 bits per heavy atom. The maximum Gasteiger partial charge on any atom is 0.249 e. The van der Waals surface area contributed by atoms with Crippen LogP contribution in [0.15, 0.2) is 24.3 Å². The minimum Gasteiger partial charge on any atom is -0.375 e. The molecular formula is C16H24Cl2N2O3. The molecule has 5 nitrogen and oxygen atoms in total. The van der Waals surface area contributed by atoms with Crippen molar-refractivity contribution in [2.24, 2.45) is 5.73 Å². The zero-order valence-electron chi connectivity index (χ0n) is 13.3. The van der Waals surface area contributed by atoms with E-state index in [1.165, 1.54) is 0 Å². The number of benzene rings is 1. The highest BCUT2D eigenvalue weighted by Crippen LogP contribution is 2.24. The summed E-state index contributed by atoms with van der Waals surface area (Å²) in [7, 11) is 1.62. The minimum absolute atomic E-state index is 0. The fourth-order valence-electron chi connectivity index (χ4n) is 2.75. The number of hydrogen-bond acceptors (Lipinski definition) is 4. The minimum atomic E-state index is -0.418. The molecule has 0 saturated carbocycles. The van der Waals surface area contributed by atoms with Crippen molar-refractivity contribution < 1.29 is 14.3 Å². The van der Waals surface area contributed by atoms with Gasteiger partial charge >= 0.3 is 0 Å². The Labute approximate surface area is 148 Å². The Balaban J connectivity index is 0.00000264. The summed E-state index contributed by atoms with van der Waals surface area (Å²) >= 11 is 5.90. The first-order valence-corrected chi connectivity index (χ1v) is 7.87. The average molecular weight is 363 g/mol. The van der Waals surface area contributed by atoms with E-state index < -0.39 is 6.10 Å². The van der Waals surface area contributed by atoms with Crippen molar-refractivity contribution in [3.8, 4) is 0 Å². The number of halogens is 2. The third-order valence-electron chi connectivity index (χ3n) is 3.94. The lowest BCUT2D eigenvalue weighted by Crippen LogP contribution is -2.43. The van der Waals surface area contributed by atoms with Crippen LogP contribution in [0.4, 0.5) is 0 Å². The molecule has 2 rings (SSSR count). The van der Waals surface area contributed by atoms with Crippen molar-refractivity contribution in [3.63, 3.8) is 0 Å². The predicted octanol–water partition coefficient (Wildman–Crippen LogP) is 2.46. The highest BCUT2D eigenvalue weighted by Gasteiger charge is 2.31. The molecule has 2 unspecified atom stereocenters. The highest BCUT2D eigenvalue weighted by molar-refractivity contribution is 6.30. The van der Waals surface area contributed by atoms with Gasteiger partial charge in [-0.05, 0) is 37.5 Å². The number of nitrogens with two attached hydrogens (primary N) is 1. The zero-order chi connectivity index (χ0) is 16.1. The molecule has 1 amide bonds. The van der Waals surface area contributed by atoms with Crippen LogP contribution in [0.1, 0.15) is 31.4 Å². The molecule has 7 heteroatoms. The Morgan fingerprint density at radius 3 is 2.61 bits per heavy atom. The number of carbonyl (C=O) groups is 1. The summed E-state index contributed by atoms with van der Waals surface area (Å²) in [6.45, 7) is 2.36. The molecule has 1 fully saturated rings. The van der Waals surface area contributed by atoms with Gasteiger partial charge in [-0.15, -0.1) is 12.4 Å². The van der Waals surface area contributed by atoms with Gasteiger partial charge in [0.25, 0.3) is 0 Å². The lowest BCUT2D eigenvalue weighted by molar-refractivity contribution is -0.133. The van der Waals surface area contributed by atoms with Crippen molar-refractivity contribution in [2.75, 3.05) is 13.7 Å². The molecule has 130 valence electrons. The molecule has 1 aromatic rings. The number of hydrogen-bond donors (Lipinski definition) is 2. The van der Waals surface area contributed by atoms with Crippen LogP contribution in [-0.4, -0.2) is 37.8 Å². The molecule has 0 bridgehead atoms. The second kappa shape index (κ2) is 9.45. The number of rotatable bonds is 6. The van der Waals surface area contributed by atoms with E-state index in [-0.39, 0.29) is 36.6 Å². The van der Waals surface area contributed by atoms with Crippen molar-refractivity contribution >= 4 is 29.9 Å². The SMILES string of the molecule is COC(c1ccc(Cl)cc1)C(C)NC(=O)[C@@H]1CC[C@H](CN)O1.Cl. The van der Waals surface area contributed by atoms with Crippen molar-refractivity contribution in [3.05, 3.63) is 34.9 Å². The van der Waals surface area contributed by atoms with Gasteiger partial charge in [-0.25, -0.2) is 0 Å². The molecule has 1 heterocycles. The third-order valence-corrected chi connectivity index (χ3v) is 4.19. The first kappa shape index (κ1) is 20.2. The van der Waals surface area contributed by atoms with Gasteiger partial charge < -0.3 is 20.5 Å². The van der Waals surface area contributed by atoms with Crippen LogP contribution in [0.2, 0.25) is 5.02 Å². The molecule has 1 aliphatic rings. The van der Waals surface area contributed by atoms with Crippen LogP contribution in [0.5, 0.6) is 0 Å². The predicted molar refractivity (Wildman–Crippen MR) is 93.0 cm³/mol. The average Bonchev–Trinajstić information content (AvgIpc) is 2.99. The Hall–Kier alpha value is -0.850.